The maximum atomic E-state index is 2.78. The Bertz CT molecular complexity index is 266. The van der Waals surface area contributed by atoms with Gasteiger partial charge in [-0.2, -0.15) is 0 Å². The Balaban J connectivity index is 1.71. The van der Waals surface area contributed by atoms with Crippen molar-refractivity contribution in [2.24, 2.45) is 34.5 Å². The summed E-state index contributed by atoms with van der Waals surface area (Å²) in [6, 6.07) is 0. The molecule has 0 aromatic carbocycles. The average Bonchev–Trinajstić information content (AvgIpc) is 2.38. The lowest BCUT2D eigenvalue weighted by molar-refractivity contribution is 0.136. The molecule has 2 aliphatic rings. The largest absolute Gasteiger partial charge is 0.0599 e. The van der Waals surface area contributed by atoms with Crippen molar-refractivity contribution in [3.63, 3.8) is 0 Å². The minimum atomic E-state index is 0.524. The van der Waals surface area contributed by atoms with Gasteiger partial charge in [-0.1, -0.05) is 41.5 Å². The summed E-state index contributed by atoms with van der Waals surface area (Å²) < 4.78 is 0. The maximum absolute atomic E-state index is 2.78. The highest BCUT2D eigenvalue weighted by atomic mass is 14.4. The van der Waals surface area contributed by atoms with Gasteiger partial charge in [0.15, 0.2) is 0 Å². The van der Waals surface area contributed by atoms with Gasteiger partial charge in [0.25, 0.3) is 0 Å². The fourth-order valence-corrected chi connectivity index (χ4v) is 4.74. The number of rotatable bonds is 2. The lowest BCUT2D eigenvalue weighted by Crippen LogP contribution is -2.29. The third kappa shape index (κ3) is 5.00. The number of hydrogen-bond acceptors (Lipinski definition) is 0. The smallest absolute Gasteiger partial charge is 0.0324 e. The third-order valence-electron chi connectivity index (χ3n) is 6.54. The molecule has 1 radical (unpaired) electrons. The van der Waals surface area contributed by atoms with Crippen molar-refractivity contribution in [1.29, 1.82) is 0 Å². The molecule has 0 saturated heterocycles. The molecule has 2 fully saturated rings. The quantitative estimate of drug-likeness (QED) is 0.519. The summed E-state index contributed by atoms with van der Waals surface area (Å²) in [6.45, 7) is 14.6. The lowest BCUT2D eigenvalue weighted by Gasteiger charge is -2.40. The van der Waals surface area contributed by atoms with Crippen molar-refractivity contribution in [3.05, 3.63) is 6.42 Å². The molecule has 0 N–H and O–H groups in total. The molecule has 0 atom stereocenters. The highest BCUT2D eigenvalue weighted by molar-refractivity contribution is 4.92. The van der Waals surface area contributed by atoms with Gasteiger partial charge in [0, 0.05) is 0 Å². The predicted octanol–water partition coefficient (Wildman–Crippen LogP) is 6.90. The highest BCUT2D eigenvalue weighted by Gasteiger charge is 2.33. The van der Waals surface area contributed by atoms with E-state index in [0.29, 0.717) is 10.8 Å². The molecule has 2 aliphatic carbocycles. The minimum absolute atomic E-state index is 0.524. The van der Waals surface area contributed by atoms with Crippen molar-refractivity contribution in [3.8, 4) is 0 Å². The highest BCUT2D eigenvalue weighted by Crippen LogP contribution is 2.45. The molecule has 2 rings (SSSR count). The lowest BCUT2D eigenvalue weighted by atomic mass is 9.65. The zero-order valence-corrected chi connectivity index (χ0v) is 15.5. The monoisotopic (exact) mass is 291 g/mol. The molecule has 0 amide bonds. The zero-order valence-electron chi connectivity index (χ0n) is 15.5. The van der Waals surface area contributed by atoms with Crippen LogP contribution < -0.4 is 0 Å². The van der Waals surface area contributed by atoms with Crippen molar-refractivity contribution < 1.29 is 0 Å². The van der Waals surface area contributed by atoms with Crippen LogP contribution in [-0.4, -0.2) is 0 Å². The van der Waals surface area contributed by atoms with E-state index >= 15 is 0 Å². The molecular formula is C21H39. The van der Waals surface area contributed by atoms with Gasteiger partial charge >= 0.3 is 0 Å². The first-order valence-corrected chi connectivity index (χ1v) is 9.51. The van der Waals surface area contributed by atoms with Crippen LogP contribution in [-0.2, 0) is 0 Å². The van der Waals surface area contributed by atoms with E-state index in [1.54, 1.807) is 0 Å². The molecule has 21 heavy (non-hydrogen) atoms. The molecule has 0 heterocycles. The van der Waals surface area contributed by atoms with Crippen molar-refractivity contribution in [1.82, 2.24) is 0 Å². The Kier molecular flexibility index (Phi) is 5.48. The van der Waals surface area contributed by atoms with E-state index < -0.39 is 0 Å². The van der Waals surface area contributed by atoms with Crippen molar-refractivity contribution in [2.45, 2.75) is 92.9 Å². The summed E-state index contributed by atoms with van der Waals surface area (Å²) in [5.74, 6) is 3.78. The fraction of sp³-hybridized carbons (Fsp3) is 0.952. The molecular weight excluding hydrogens is 252 g/mol. The molecule has 0 heteroatoms. The van der Waals surface area contributed by atoms with Crippen LogP contribution in [0.5, 0.6) is 0 Å². The van der Waals surface area contributed by atoms with Gasteiger partial charge < -0.3 is 0 Å². The van der Waals surface area contributed by atoms with E-state index in [4.69, 9.17) is 0 Å². The van der Waals surface area contributed by atoms with Crippen LogP contribution in [0.1, 0.15) is 92.9 Å². The van der Waals surface area contributed by atoms with Crippen molar-refractivity contribution in [2.75, 3.05) is 0 Å². The summed E-state index contributed by atoms with van der Waals surface area (Å²) in [7, 11) is 0. The number of hydrogen-bond donors (Lipinski definition) is 0. The first-order chi connectivity index (χ1) is 9.66. The van der Waals surface area contributed by atoms with Crippen LogP contribution in [0.15, 0.2) is 0 Å². The first-order valence-electron chi connectivity index (χ1n) is 9.51. The molecule has 0 spiro atoms. The zero-order chi connectivity index (χ0) is 15.7. The normalized spacial score (nSPS) is 35.7. The van der Waals surface area contributed by atoms with E-state index in [1.165, 1.54) is 51.4 Å². The standard InChI is InChI=1S/C21H39/c1-20(2,3)18-11-7-16(8-12-18)15-17-9-13-19(14-10-17)21(4,5)6/h15-19H,7-14H2,1-6H3. The summed E-state index contributed by atoms with van der Waals surface area (Å²) in [4.78, 5) is 0. The minimum Gasteiger partial charge on any atom is -0.0599 e. The van der Waals surface area contributed by atoms with E-state index in [0.717, 1.165) is 23.7 Å². The van der Waals surface area contributed by atoms with Crippen LogP contribution in [0.3, 0.4) is 0 Å². The van der Waals surface area contributed by atoms with Gasteiger partial charge in [-0.3, -0.25) is 0 Å². The maximum Gasteiger partial charge on any atom is -0.0324 e. The van der Waals surface area contributed by atoms with E-state index in [2.05, 4.69) is 48.0 Å². The Morgan fingerprint density at radius 3 is 1.05 bits per heavy atom. The fourth-order valence-electron chi connectivity index (χ4n) is 4.74. The van der Waals surface area contributed by atoms with Gasteiger partial charge in [-0.05, 0) is 92.3 Å². The summed E-state index contributed by atoms with van der Waals surface area (Å²) in [6.07, 6.45) is 14.5. The second kappa shape index (κ2) is 6.63. The molecule has 0 aromatic rings. The van der Waals surface area contributed by atoms with Crippen LogP contribution in [0.25, 0.3) is 0 Å². The Labute approximate surface area is 134 Å². The Hall–Kier alpha value is 0. The van der Waals surface area contributed by atoms with E-state index in [-0.39, 0.29) is 0 Å². The summed E-state index contributed by atoms with van der Waals surface area (Å²) >= 11 is 0. The van der Waals surface area contributed by atoms with Gasteiger partial charge in [-0.15, -0.1) is 0 Å². The average molecular weight is 292 g/mol. The van der Waals surface area contributed by atoms with Gasteiger partial charge in [0.2, 0.25) is 0 Å². The first kappa shape index (κ1) is 17.4. The van der Waals surface area contributed by atoms with Crippen LogP contribution in [0, 0.1) is 40.9 Å². The third-order valence-corrected chi connectivity index (χ3v) is 6.54. The predicted molar refractivity (Wildman–Crippen MR) is 94.1 cm³/mol. The van der Waals surface area contributed by atoms with Gasteiger partial charge in [0.05, 0.1) is 0 Å². The topological polar surface area (TPSA) is 0 Å². The molecule has 0 nitrogen and oxygen atoms in total. The van der Waals surface area contributed by atoms with E-state index in [1.807, 2.05) is 0 Å². The summed E-state index contributed by atoms with van der Waals surface area (Å²) in [5.41, 5.74) is 1.05. The molecule has 0 bridgehead atoms. The molecule has 0 aliphatic heterocycles. The van der Waals surface area contributed by atoms with E-state index in [9.17, 15) is 0 Å². The Morgan fingerprint density at radius 1 is 0.524 bits per heavy atom. The van der Waals surface area contributed by atoms with Crippen LogP contribution >= 0.6 is 0 Å². The molecule has 2 saturated carbocycles. The molecule has 0 aromatic heterocycles. The van der Waals surface area contributed by atoms with Gasteiger partial charge in [0.1, 0.15) is 0 Å². The van der Waals surface area contributed by atoms with Crippen LogP contribution in [0.4, 0.5) is 0 Å². The second-order valence-corrected chi connectivity index (χ2v) is 10.1. The second-order valence-electron chi connectivity index (χ2n) is 10.1. The molecule has 0 unspecified atom stereocenters. The van der Waals surface area contributed by atoms with Crippen LogP contribution in [0.2, 0.25) is 0 Å². The Morgan fingerprint density at radius 2 is 0.810 bits per heavy atom. The SMILES string of the molecule is CC(C)(C)C1CCC([CH]C2CCC(C(C)(C)C)CC2)CC1. The molecule has 123 valence electrons. The summed E-state index contributed by atoms with van der Waals surface area (Å²) in [5, 5.41) is 0. The van der Waals surface area contributed by atoms with Crippen molar-refractivity contribution >= 4 is 0 Å². The van der Waals surface area contributed by atoms with Gasteiger partial charge in [-0.25, -0.2) is 0 Å².